The van der Waals surface area contributed by atoms with E-state index in [4.69, 9.17) is 16.3 Å². The number of rotatable bonds is 6. The van der Waals surface area contributed by atoms with Gasteiger partial charge in [0.25, 0.3) is 0 Å². The van der Waals surface area contributed by atoms with Crippen LogP contribution in [0.3, 0.4) is 0 Å². The standard InChI is InChI=1S/C24H23ClN2O3S/c1-24(2,29)21-7-6-20(31-21)16-10-17-11-18(30-23(17)19(25)12-16)14-27-22(28)8-5-15-4-3-9-26-13-15/h3-10,12-13,18,29H,11,14H2,1-2H3,(H,27,28)/b8-5+. The second-order valence-electron chi connectivity index (χ2n) is 7.98. The summed E-state index contributed by atoms with van der Waals surface area (Å²) in [6, 6.07) is 11.6. The largest absolute Gasteiger partial charge is 0.486 e. The van der Waals surface area contributed by atoms with E-state index < -0.39 is 5.60 Å². The van der Waals surface area contributed by atoms with Crippen LogP contribution in [0.4, 0.5) is 0 Å². The van der Waals surface area contributed by atoms with Crippen LogP contribution in [-0.4, -0.2) is 28.6 Å². The van der Waals surface area contributed by atoms with E-state index in [9.17, 15) is 9.90 Å². The van der Waals surface area contributed by atoms with Crippen LogP contribution in [0.15, 0.2) is 54.9 Å². The molecule has 2 N–H and O–H groups in total. The molecule has 0 spiro atoms. The van der Waals surface area contributed by atoms with E-state index >= 15 is 0 Å². The fraction of sp³-hybridized carbons (Fsp3) is 0.250. The summed E-state index contributed by atoms with van der Waals surface area (Å²) < 4.78 is 5.98. The first-order valence-corrected chi connectivity index (χ1v) is 11.2. The highest BCUT2D eigenvalue weighted by molar-refractivity contribution is 7.15. The number of nitrogens with one attached hydrogen (secondary N) is 1. The maximum atomic E-state index is 12.1. The number of fused-ring (bicyclic) bond motifs is 1. The Balaban J connectivity index is 1.40. The van der Waals surface area contributed by atoms with Crippen molar-refractivity contribution in [2.24, 2.45) is 0 Å². The summed E-state index contributed by atoms with van der Waals surface area (Å²) in [6.45, 7) is 3.94. The number of hydrogen-bond acceptors (Lipinski definition) is 5. The molecule has 0 bridgehead atoms. The van der Waals surface area contributed by atoms with Crippen LogP contribution in [0.5, 0.6) is 5.75 Å². The summed E-state index contributed by atoms with van der Waals surface area (Å²) in [5.74, 6) is 0.489. The van der Waals surface area contributed by atoms with Crippen molar-refractivity contribution in [2.75, 3.05) is 6.54 Å². The van der Waals surface area contributed by atoms with Gasteiger partial charge in [-0.3, -0.25) is 9.78 Å². The molecule has 31 heavy (non-hydrogen) atoms. The summed E-state index contributed by atoms with van der Waals surface area (Å²) in [5.41, 5.74) is 2.01. The van der Waals surface area contributed by atoms with Crippen LogP contribution >= 0.6 is 22.9 Å². The normalized spacial score (nSPS) is 15.7. The van der Waals surface area contributed by atoms with E-state index in [0.717, 1.165) is 26.4 Å². The molecule has 4 rings (SSSR count). The molecule has 0 radical (unpaired) electrons. The second-order valence-corrected chi connectivity index (χ2v) is 9.47. The molecule has 1 atom stereocenters. The molecule has 7 heteroatoms. The molecule has 0 aliphatic carbocycles. The van der Waals surface area contributed by atoms with E-state index in [0.29, 0.717) is 23.7 Å². The first-order chi connectivity index (χ1) is 14.8. The molecule has 1 aliphatic rings. The maximum absolute atomic E-state index is 12.1. The van der Waals surface area contributed by atoms with Crippen molar-refractivity contribution >= 4 is 34.9 Å². The summed E-state index contributed by atoms with van der Waals surface area (Å²) in [6.07, 6.45) is 7.08. The van der Waals surface area contributed by atoms with Gasteiger partial charge in [0.2, 0.25) is 5.91 Å². The van der Waals surface area contributed by atoms with Crippen LogP contribution in [0.2, 0.25) is 5.02 Å². The van der Waals surface area contributed by atoms with Gasteiger partial charge in [0.15, 0.2) is 0 Å². The number of aromatic nitrogens is 1. The number of benzene rings is 1. The molecule has 160 valence electrons. The van der Waals surface area contributed by atoms with Crippen molar-refractivity contribution in [2.45, 2.75) is 32.0 Å². The fourth-order valence-corrected chi connectivity index (χ4v) is 4.66. The van der Waals surface area contributed by atoms with E-state index in [1.807, 2.05) is 30.3 Å². The highest BCUT2D eigenvalue weighted by atomic mass is 35.5. The van der Waals surface area contributed by atoms with Gasteiger partial charge in [-0.15, -0.1) is 11.3 Å². The Morgan fingerprint density at radius 2 is 2.23 bits per heavy atom. The van der Waals surface area contributed by atoms with E-state index in [-0.39, 0.29) is 12.0 Å². The van der Waals surface area contributed by atoms with Gasteiger partial charge < -0.3 is 15.2 Å². The van der Waals surface area contributed by atoms with Gasteiger partial charge in [-0.25, -0.2) is 0 Å². The zero-order chi connectivity index (χ0) is 22.0. The van der Waals surface area contributed by atoms with Gasteiger partial charge in [-0.2, -0.15) is 0 Å². The predicted molar refractivity (Wildman–Crippen MR) is 124 cm³/mol. The smallest absolute Gasteiger partial charge is 0.244 e. The zero-order valence-corrected chi connectivity index (χ0v) is 18.8. The van der Waals surface area contributed by atoms with Crippen molar-refractivity contribution < 1.29 is 14.6 Å². The minimum atomic E-state index is -0.874. The number of carbonyl (C=O) groups is 1. The topological polar surface area (TPSA) is 71.5 Å². The average Bonchev–Trinajstić information content (AvgIpc) is 3.39. The molecule has 1 unspecified atom stereocenters. The van der Waals surface area contributed by atoms with Crippen LogP contribution in [0.25, 0.3) is 16.5 Å². The highest BCUT2D eigenvalue weighted by Gasteiger charge is 2.27. The van der Waals surface area contributed by atoms with Gasteiger partial charge in [-0.05, 0) is 61.4 Å². The number of nitrogens with zero attached hydrogens (tertiary/aromatic N) is 1. The maximum Gasteiger partial charge on any atom is 0.244 e. The third kappa shape index (κ3) is 5.15. The quantitative estimate of drug-likeness (QED) is 0.523. The molecule has 1 aromatic carbocycles. The molecule has 0 saturated heterocycles. The lowest BCUT2D eigenvalue weighted by Gasteiger charge is -2.14. The molecule has 3 heterocycles. The molecule has 0 saturated carbocycles. The summed E-state index contributed by atoms with van der Waals surface area (Å²) in [4.78, 5) is 18.1. The molecule has 0 fully saturated rings. The monoisotopic (exact) mass is 454 g/mol. The highest BCUT2D eigenvalue weighted by Crippen LogP contribution is 2.42. The van der Waals surface area contributed by atoms with E-state index in [1.54, 1.807) is 43.7 Å². The first-order valence-electron chi connectivity index (χ1n) is 9.97. The van der Waals surface area contributed by atoms with Gasteiger partial charge >= 0.3 is 0 Å². The average molecular weight is 455 g/mol. The Bertz CT molecular complexity index is 1120. The summed E-state index contributed by atoms with van der Waals surface area (Å²) >= 11 is 8.04. The number of carbonyl (C=O) groups excluding carboxylic acids is 1. The third-order valence-corrected chi connectivity index (χ3v) is 6.69. The molecule has 1 aliphatic heterocycles. The number of pyridine rings is 1. The number of amides is 1. The lowest BCUT2D eigenvalue weighted by atomic mass is 10.0. The minimum absolute atomic E-state index is 0.172. The summed E-state index contributed by atoms with van der Waals surface area (Å²) in [5, 5.41) is 13.6. The Kier molecular flexibility index (Phi) is 6.14. The Morgan fingerprint density at radius 3 is 2.94 bits per heavy atom. The van der Waals surface area contributed by atoms with E-state index in [2.05, 4.69) is 16.4 Å². The molecule has 3 aromatic rings. The zero-order valence-electron chi connectivity index (χ0n) is 17.3. The van der Waals surface area contributed by atoms with Crippen molar-refractivity contribution in [1.82, 2.24) is 10.3 Å². The van der Waals surface area contributed by atoms with Crippen molar-refractivity contribution in [3.8, 4) is 16.2 Å². The number of hydrogen-bond donors (Lipinski definition) is 2. The van der Waals surface area contributed by atoms with Crippen molar-refractivity contribution in [3.63, 3.8) is 0 Å². The number of aliphatic hydroxyl groups is 1. The Labute approximate surface area is 190 Å². The van der Waals surface area contributed by atoms with Crippen LogP contribution in [-0.2, 0) is 16.8 Å². The molecular weight excluding hydrogens is 432 g/mol. The third-order valence-electron chi connectivity index (χ3n) is 4.96. The summed E-state index contributed by atoms with van der Waals surface area (Å²) in [7, 11) is 0. The predicted octanol–water partition coefficient (Wildman–Crippen LogP) is 4.82. The van der Waals surface area contributed by atoms with Crippen molar-refractivity contribution in [3.05, 3.63) is 75.9 Å². The van der Waals surface area contributed by atoms with Crippen LogP contribution < -0.4 is 10.1 Å². The lowest BCUT2D eigenvalue weighted by molar-refractivity contribution is -0.116. The molecular formula is C24H23ClN2O3S. The molecule has 2 aromatic heterocycles. The lowest BCUT2D eigenvalue weighted by Crippen LogP contribution is -2.33. The first kappa shape index (κ1) is 21.6. The number of thiophene rings is 1. The van der Waals surface area contributed by atoms with Gasteiger partial charge in [0.05, 0.1) is 17.2 Å². The van der Waals surface area contributed by atoms with Gasteiger partial charge in [-0.1, -0.05) is 17.7 Å². The van der Waals surface area contributed by atoms with E-state index in [1.165, 1.54) is 6.08 Å². The molecule has 1 amide bonds. The number of halogens is 1. The minimum Gasteiger partial charge on any atom is -0.486 e. The fourth-order valence-electron chi connectivity index (χ4n) is 3.39. The van der Waals surface area contributed by atoms with Gasteiger partial charge in [0.1, 0.15) is 11.9 Å². The Morgan fingerprint density at radius 1 is 1.39 bits per heavy atom. The second kappa shape index (κ2) is 8.83. The van der Waals surface area contributed by atoms with Gasteiger partial charge in [0, 0.05) is 40.2 Å². The SMILES string of the molecule is CC(C)(O)c1ccc(-c2cc(Cl)c3c(c2)CC(CNC(=O)/C=C/c2cccnc2)O3)s1. The van der Waals surface area contributed by atoms with Crippen LogP contribution in [0, 0.1) is 0 Å². The van der Waals surface area contributed by atoms with Crippen LogP contribution in [0.1, 0.15) is 29.9 Å². The number of ether oxygens (including phenoxy) is 1. The molecule has 5 nitrogen and oxygen atoms in total. The Hall–Kier alpha value is -2.67. The van der Waals surface area contributed by atoms with Crippen molar-refractivity contribution in [1.29, 1.82) is 0 Å².